The number of benzene rings is 2. The first-order valence-corrected chi connectivity index (χ1v) is 7.18. The van der Waals surface area contributed by atoms with Gasteiger partial charge in [0.05, 0.1) is 16.6 Å². The summed E-state index contributed by atoms with van der Waals surface area (Å²) in [5, 5.41) is 0. The van der Waals surface area contributed by atoms with E-state index < -0.39 is 10.8 Å². The number of nitrogen functional groups attached to an aromatic ring is 1. The molecule has 1 atom stereocenters. The molecule has 0 aromatic heterocycles. The zero-order chi connectivity index (χ0) is 13.1. The Morgan fingerprint density at radius 1 is 1.06 bits per heavy atom. The van der Waals surface area contributed by atoms with Crippen molar-refractivity contribution in [3.8, 4) is 0 Å². The van der Waals surface area contributed by atoms with Crippen molar-refractivity contribution in [1.82, 2.24) is 0 Å². The molecule has 0 aliphatic rings. The van der Waals surface area contributed by atoms with E-state index in [0.717, 1.165) is 10.5 Å². The summed E-state index contributed by atoms with van der Waals surface area (Å²) < 4.78 is 12.3. The van der Waals surface area contributed by atoms with Crippen molar-refractivity contribution in [2.75, 3.05) is 5.73 Å². The highest BCUT2D eigenvalue weighted by atomic mass is 32.2. The zero-order valence-corrected chi connectivity index (χ0v) is 11.5. The van der Waals surface area contributed by atoms with Crippen molar-refractivity contribution in [1.29, 1.82) is 0 Å². The summed E-state index contributed by atoms with van der Waals surface area (Å²) in [7, 11) is -1.02. The molecule has 0 saturated heterocycles. The summed E-state index contributed by atoms with van der Waals surface area (Å²) in [6.45, 7) is 4.10. The molecular weight excluding hydrogens is 242 g/mol. The molecule has 2 N–H and O–H groups in total. The molecule has 0 amide bonds. The van der Waals surface area contributed by atoms with Gasteiger partial charge in [-0.2, -0.15) is 0 Å². The van der Waals surface area contributed by atoms with Gasteiger partial charge < -0.3 is 5.73 Å². The molecule has 2 rings (SSSR count). The molecule has 1 unspecified atom stereocenters. The Morgan fingerprint density at radius 3 is 2.39 bits per heavy atom. The van der Waals surface area contributed by atoms with Gasteiger partial charge in [-0.05, 0) is 49.2 Å². The predicted molar refractivity (Wildman–Crippen MR) is 76.9 cm³/mol. The van der Waals surface area contributed by atoms with E-state index in [-0.39, 0.29) is 0 Å². The van der Waals surface area contributed by atoms with Gasteiger partial charge in [0, 0.05) is 10.6 Å². The molecule has 0 bridgehead atoms. The van der Waals surface area contributed by atoms with Crippen LogP contribution in [0.15, 0.2) is 47.4 Å². The maximum Gasteiger partial charge on any atom is 0.0574 e. The number of hydrogen-bond donors (Lipinski definition) is 1. The number of anilines is 1. The van der Waals surface area contributed by atoms with E-state index in [4.69, 9.17) is 5.73 Å². The van der Waals surface area contributed by atoms with Crippen LogP contribution < -0.4 is 5.73 Å². The Hall–Kier alpha value is -1.61. The van der Waals surface area contributed by atoms with Crippen molar-refractivity contribution in [2.45, 2.75) is 24.5 Å². The lowest BCUT2D eigenvalue weighted by molar-refractivity contribution is 0.682. The van der Waals surface area contributed by atoms with E-state index in [1.165, 1.54) is 11.1 Å². The van der Waals surface area contributed by atoms with Crippen molar-refractivity contribution >= 4 is 16.5 Å². The fourth-order valence-corrected chi connectivity index (χ4v) is 3.00. The highest BCUT2D eigenvalue weighted by Gasteiger charge is 2.07. The first-order chi connectivity index (χ1) is 8.56. The fourth-order valence-electron chi connectivity index (χ4n) is 1.80. The molecule has 94 valence electrons. The molecule has 2 aromatic carbocycles. The standard InChI is InChI=1S/C15H17NOS/c1-11-3-4-12(2)13(9-11)10-18(17)15-7-5-14(16)6-8-15/h3-9H,10,16H2,1-2H3. The Morgan fingerprint density at radius 2 is 1.72 bits per heavy atom. The van der Waals surface area contributed by atoms with Crippen LogP contribution in [0.2, 0.25) is 0 Å². The Kier molecular flexibility index (Phi) is 3.82. The molecule has 0 spiro atoms. The summed E-state index contributed by atoms with van der Waals surface area (Å²) in [4.78, 5) is 0.824. The van der Waals surface area contributed by atoms with Gasteiger partial charge in [0.1, 0.15) is 0 Å². The van der Waals surface area contributed by atoms with Gasteiger partial charge in [-0.15, -0.1) is 0 Å². The van der Waals surface area contributed by atoms with Crippen LogP contribution in [0.1, 0.15) is 16.7 Å². The molecule has 0 heterocycles. The zero-order valence-electron chi connectivity index (χ0n) is 10.6. The van der Waals surface area contributed by atoms with Crippen molar-refractivity contribution in [3.63, 3.8) is 0 Å². The average molecular weight is 259 g/mol. The third-order valence-corrected chi connectivity index (χ3v) is 4.31. The van der Waals surface area contributed by atoms with Crippen LogP contribution in [0.3, 0.4) is 0 Å². The van der Waals surface area contributed by atoms with Gasteiger partial charge in [-0.1, -0.05) is 23.8 Å². The van der Waals surface area contributed by atoms with Gasteiger partial charge >= 0.3 is 0 Å². The second-order valence-electron chi connectivity index (χ2n) is 4.49. The van der Waals surface area contributed by atoms with Crippen LogP contribution in [0.25, 0.3) is 0 Å². The average Bonchev–Trinajstić information content (AvgIpc) is 2.34. The quantitative estimate of drug-likeness (QED) is 0.860. The molecule has 0 fully saturated rings. The van der Waals surface area contributed by atoms with E-state index in [9.17, 15) is 4.21 Å². The molecule has 18 heavy (non-hydrogen) atoms. The largest absolute Gasteiger partial charge is 0.399 e. The Labute approximate surface area is 110 Å². The van der Waals surface area contributed by atoms with E-state index in [1.807, 2.05) is 12.1 Å². The second kappa shape index (κ2) is 5.36. The molecule has 0 aliphatic carbocycles. The van der Waals surface area contributed by atoms with E-state index in [1.54, 1.807) is 12.1 Å². The Bertz CT molecular complexity index is 576. The summed E-state index contributed by atoms with van der Waals surface area (Å²) in [6.07, 6.45) is 0. The summed E-state index contributed by atoms with van der Waals surface area (Å²) >= 11 is 0. The third-order valence-electron chi connectivity index (χ3n) is 2.93. The molecule has 2 aromatic rings. The van der Waals surface area contributed by atoms with Gasteiger partial charge in [0.15, 0.2) is 0 Å². The van der Waals surface area contributed by atoms with Crippen LogP contribution in [-0.2, 0) is 16.6 Å². The lowest BCUT2D eigenvalue weighted by atomic mass is 10.1. The van der Waals surface area contributed by atoms with Gasteiger partial charge in [-0.25, -0.2) is 0 Å². The molecule has 2 nitrogen and oxygen atoms in total. The first kappa shape index (κ1) is 12.8. The van der Waals surface area contributed by atoms with Crippen LogP contribution in [0.4, 0.5) is 5.69 Å². The smallest absolute Gasteiger partial charge is 0.0574 e. The summed E-state index contributed by atoms with van der Waals surface area (Å²) in [6, 6.07) is 13.5. The number of rotatable bonds is 3. The van der Waals surface area contributed by atoms with Crippen LogP contribution >= 0.6 is 0 Å². The maximum absolute atomic E-state index is 12.3. The van der Waals surface area contributed by atoms with Crippen LogP contribution in [-0.4, -0.2) is 4.21 Å². The molecule has 0 radical (unpaired) electrons. The normalized spacial score (nSPS) is 12.3. The highest BCUT2D eigenvalue weighted by molar-refractivity contribution is 7.84. The second-order valence-corrected chi connectivity index (χ2v) is 5.94. The molecule has 0 aliphatic heterocycles. The molecule has 0 saturated carbocycles. The van der Waals surface area contributed by atoms with E-state index in [0.29, 0.717) is 11.4 Å². The van der Waals surface area contributed by atoms with Crippen LogP contribution in [0.5, 0.6) is 0 Å². The third kappa shape index (κ3) is 2.99. The monoisotopic (exact) mass is 259 g/mol. The van der Waals surface area contributed by atoms with Gasteiger partial charge in [0.25, 0.3) is 0 Å². The van der Waals surface area contributed by atoms with Crippen molar-refractivity contribution in [3.05, 3.63) is 59.2 Å². The van der Waals surface area contributed by atoms with Crippen molar-refractivity contribution in [2.24, 2.45) is 0 Å². The SMILES string of the molecule is Cc1ccc(C)c(CS(=O)c2ccc(N)cc2)c1. The minimum Gasteiger partial charge on any atom is -0.399 e. The summed E-state index contributed by atoms with van der Waals surface area (Å²) in [5.41, 5.74) is 9.85. The lowest BCUT2D eigenvalue weighted by Crippen LogP contribution is -1.99. The predicted octanol–water partition coefficient (Wildman–Crippen LogP) is 3.19. The number of hydrogen-bond acceptors (Lipinski definition) is 2. The molecule has 3 heteroatoms. The van der Waals surface area contributed by atoms with Crippen molar-refractivity contribution < 1.29 is 4.21 Å². The van der Waals surface area contributed by atoms with Crippen LogP contribution in [0, 0.1) is 13.8 Å². The topological polar surface area (TPSA) is 43.1 Å². The fraction of sp³-hybridized carbons (Fsp3) is 0.200. The number of nitrogens with two attached hydrogens (primary N) is 1. The minimum atomic E-state index is -1.02. The molecular formula is C15H17NOS. The van der Waals surface area contributed by atoms with Gasteiger partial charge in [0.2, 0.25) is 0 Å². The highest BCUT2D eigenvalue weighted by Crippen LogP contribution is 2.17. The maximum atomic E-state index is 12.3. The van der Waals surface area contributed by atoms with E-state index in [2.05, 4.69) is 32.0 Å². The first-order valence-electron chi connectivity index (χ1n) is 5.86. The van der Waals surface area contributed by atoms with E-state index >= 15 is 0 Å². The minimum absolute atomic E-state index is 0.553. The summed E-state index contributed by atoms with van der Waals surface area (Å²) in [5.74, 6) is 0.553. The Balaban J connectivity index is 2.21. The number of aryl methyl sites for hydroxylation is 2. The van der Waals surface area contributed by atoms with Gasteiger partial charge in [-0.3, -0.25) is 4.21 Å². The lowest BCUT2D eigenvalue weighted by Gasteiger charge is -2.07.